The van der Waals surface area contributed by atoms with Crippen LogP contribution in [0.5, 0.6) is 0 Å². The summed E-state index contributed by atoms with van der Waals surface area (Å²) in [5, 5.41) is 0. The van der Waals surface area contributed by atoms with E-state index in [2.05, 4.69) is 40.8 Å². The Hall–Kier alpha value is 1.68. The SMILES string of the molecule is CC1CC2C(C)C3CCCCC3CC2C1[Si](C)(C)C1C(C)CC2C(C)C3CCCCC3CC21.[CH3-].[CH3-].[Cl][Zr+2][Cl]. The van der Waals surface area contributed by atoms with E-state index < -0.39 is 28.9 Å². The summed E-state index contributed by atoms with van der Waals surface area (Å²) in [6, 6.07) is 0. The molecule has 4 heteroatoms. The topological polar surface area (TPSA) is 0 Å². The van der Waals surface area contributed by atoms with Gasteiger partial charge in [-0.3, -0.25) is 0 Å². The Morgan fingerprint density at radius 1 is 0.526 bits per heavy atom. The molecule has 0 radical (unpaired) electrons. The van der Waals surface area contributed by atoms with Crippen LogP contribution in [0.4, 0.5) is 0 Å². The van der Waals surface area contributed by atoms with Gasteiger partial charge in [0.15, 0.2) is 0 Å². The van der Waals surface area contributed by atoms with Gasteiger partial charge in [-0.2, -0.15) is 0 Å². The third-order valence-electron chi connectivity index (χ3n) is 14.0. The summed E-state index contributed by atoms with van der Waals surface area (Å²) in [7, 11) is 8.52. The van der Waals surface area contributed by atoms with Gasteiger partial charge in [0, 0.05) is 0 Å². The minimum atomic E-state index is -1.35. The summed E-state index contributed by atoms with van der Waals surface area (Å²) in [5.41, 5.74) is 2.25. The number of hydrogen-bond donors (Lipinski definition) is 0. The molecule has 0 aromatic rings. The van der Waals surface area contributed by atoms with Crippen molar-refractivity contribution in [2.24, 2.45) is 71.0 Å². The Labute approximate surface area is 259 Å². The second-order valence-corrected chi connectivity index (χ2v) is 24.3. The van der Waals surface area contributed by atoms with E-state index in [1.807, 2.05) is 0 Å². The Balaban J connectivity index is 0.000000766. The van der Waals surface area contributed by atoms with Crippen LogP contribution in [0, 0.1) is 85.9 Å². The molecule has 0 spiro atoms. The van der Waals surface area contributed by atoms with Crippen LogP contribution < -0.4 is 0 Å². The van der Waals surface area contributed by atoms with Crippen molar-refractivity contribution in [3.05, 3.63) is 14.9 Å². The second kappa shape index (κ2) is 14.0. The van der Waals surface area contributed by atoms with Crippen molar-refractivity contribution in [2.45, 2.75) is 129 Å². The number of halogens is 2. The average Bonchev–Trinajstić information content (AvgIpc) is 3.37. The first-order valence-electron chi connectivity index (χ1n) is 16.2. The van der Waals surface area contributed by atoms with Crippen LogP contribution in [-0.4, -0.2) is 8.07 Å². The van der Waals surface area contributed by atoms with Crippen molar-refractivity contribution in [1.82, 2.24) is 0 Å². The molecule has 6 aliphatic carbocycles. The van der Waals surface area contributed by atoms with Gasteiger partial charge in [0.25, 0.3) is 0 Å². The first-order valence-corrected chi connectivity index (χ1v) is 25.6. The van der Waals surface area contributed by atoms with Gasteiger partial charge in [0.2, 0.25) is 0 Å². The summed E-state index contributed by atoms with van der Waals surface area (Å²) < 4.78 is 0. The molecule has 6 aliphatic rings. The quantitative estimate of drug-likeness (QED) is 0.204. The van der Waals surface area contributed by atoms with Gasteiger partial charge in [-0.15, -0.1) is 0 Å². The van der Waals surface area contributed by atoms with Gasteiger partial charge in [-0.1, -0.05) is 79.3 Å². The number of hydrogen-bond acceptors (Lipinski definition) is 0. The van der Waals surface area contributed by atoms with E-state index in [9.17, 15) is 0 Å². The first-order chi connectivity index (χ1) is 17.2. The monoisotopic (exact) mass is 658 g/mol. The molecule has 6 fully saturated rings. The molecule has 0 heterocycles. The van der Waals surface area contributed by atoms with Crippen molar-refractivity contribution < 1.29 is 20.8 Å². The first kappa shape index (κ1) is 34.2. The predicted octanol–water partition coefficient (Wildman–Crippen LogP) is 11.9. The molecule has 0 saturated heterocycles. The molecule has 0 amide bonds. The Bertz CT molecular complexity index is 686. The summed E-state index contributed by atoms with van der Waals surface area (Å²) in [6.07, 6.45) is 18.9. The molecule has 0 bridgehead atoms. The molecular weight excluding hydrogens is 599 g/mol. The molecule has 14 unspecified atom stereocenters. The summed E-state index contributed by atoms with van der Waals surface area (Å²) in [5.74, 6) is 12.8. The predicted molar refractivity (Wildman–Crippen MR) is 169 cm³/mol. The van der Waals surface area contributed by atoms with Crippen LogP contribution in [0.25, 0.3) is 0 Å². The fourth-order valence-electron chi connectivity index (χ4n) is 13.3. The average molecular weight is 661 g/mol. The molecule has 220 valence electrons. The maximum atomic E-state index is 4.93. The Morgan fingerprint density at radius 2 is 0.868 bits per heavy atom. The third kappa shape index (κ3) is 6.03. The van der Waals surface area contributed by atoms with Crippen LogP contribution in [0.15, 0.2) is 0 Å². The van der Waals surface area contributed by atoms with E-state index in [4.69, 9.17) is 17.0 Å². The van der Waals surface area contributed by atoms with Gasteiger partial charge in [-0.05, 0) is 121 Å². The Kier molecular flexibility index (Phi) is 12.6. The summed E-state index contributed by atoms with van der Waals surface area (Å²) in [4.78, 5) is 0. The summed E-state index contributed by atoms with van der Waals surface area (Å²) in [6.45, 7) is 16.8. The van der Waals surface area contributed by atoms with Gasteiger partial charge in [0.05, 0.1) is 8.07 Å². The minimum absolute atomic E-state index is 0. The molecule has 0 N–H and O–H groups in total. The zero-order valence-electron chi connectivity index (χ0n) is 26.3. The molecule has 0 aromatic carbocycles. The third-order valence-corrected chi connectivity index (χ3v) is 19.5. The van der Waals surface area contributed by atoms with Crippen molar-refractivity contribution in [3.8, 4) is 0 Å². The maximum absolute atomic E-state index is 4.93. The van der Waals surface area contributed by atoms with Crippen molar-refractivity contribution in [2.75, 3.05) is 0 Å². The van der Waals surface area contributed by atoms with Gasteiger partial charge in [-0.25, -0.2) is 0 Å². The van der Waals surface area contributed by atoms with E-state index >= 15 is 0 Å². The fraction of sp³-hybridized carbons (Fsp3) is 0.941. The normalized spacial score (nSPS) is 49.4. The van der Waals surface area contributed by atoms with Gasteiger partial charge >= 0.3 is 37.9 Å². The molecule has 6 rings (SSSR count). The van der Waals surface area contributed by atoms with E-state index in [0.29, 0.717) is 0 Å². The van der Waals surface area contributed by atoms with Crippen LogP contribution in [-0.2, 0) is 20.8 Å². The Morgan fingerprint density at radius 3 is 1.24 bits per heavy atom. The van der Waals surface area contributed by atoms with Crippen molar-refractivity contribution >= 4 is 25.1 Å². The zero-order chi connectivity index (χ0) is 25.8. The molecule has 0 nitrogen and oxygen atoms in total. The van der Waals surface area contributed by atoms with Gasteiger partial charge < -0.3 is 14.9 Å². The van der Waals surface area contributed by atoms with E-state index in [-0.39, 0.29) is 14.9 Å². The molecule has 0 aliphatic heterocycles. The van der Waals surface area contributed by atoms with E-state index in [1.165, 1.54) is 25.7 Å². The van der Waals surface area contributed by atoms with Crippen molar-refractivity contribution in [1.29, 1.82) is 0 Å². The molecule has 14 atom stereocenters. The second-order valence-electron chi connectivity index (χ2n) is 15.6. The zero-order valence-corrected chi connectivity index (χ0v) is 31.3. The number of fused-ring (bicyclic) bond motifs is 4. The van der Waals surface area contributed by atoms with Crippen LogP contribution in [0.1, 0.15) is 105 Å². The van der Waals surface area contributed by atoms with E-state index in [0.717, 1.165) is 82.1 Å². The molecular formula is C34H62Cl2SiZr. The van der Waals surface area contributed by atoms with Crippen LogP contribution >= 0.6 is 17.0 Å². The van der Waals surface area contributed by atoms with Gasteiger partial charge in [0.1, 0.15) is 0 Å². The van der Waals surface area contributed by atoms with E-state index in [1.54, 1.807) is 51.4 Å². The number of rotatable bonds is 2. The van der Waals surface area contributed by atoms with Crippen molar-refractivity contribution in [3.63, 3.8) is 0 Å². The van der Waals surface area contributed by atoms with Crippen LogP contribution in [0.3, 0.4) is 0 Å². The standard InChI is InChI=1S/C32H56Si.2CH3.2ClH.Zr/c1-19-15-27-21(3)25-13-9-7-11-23(25)17-29(27)31(19)33(5,6)32-20(2)16-28-22(4)26-14-10-8-12-24(26)18-30(28)32;;;;;/h19-32H,7-18H2,1-6H3;2*1H3;2*1H;/q;2*-1;;;+4/p-2. The fourth-order valence-corrected chi connectivity index (χ4v) is 19.9. The molecule has 6 saturated carbocycles. The summed E-state index contributed by atoms with van der Waals surface area (Å²) >= 11 is -0.826. The molecule has 0 aromatic heterocycles. The van der Waals surface area contributed by atoms with Crippen LogP contribution in [0.2, 0.25) is 24.2 Å². The molecule has 38 heavy (non-hydrogen) atoms.